The second kappa shape index (κ2) is 4.86. The topological polar surface area (TPSA) is 37.3 Å². The first-order chi connectivity index (χ1) is 7.40. The molecule has 0 bridgehead atoms. The Morgan fingerprint density at radius 2 is 2.31 bits per heavy atom. The van der Waals surface area contributed by atoms with Crippen molar-refractivity contribution in [2.24, 2.45) is 11.3 Å². The van der Waals surface area contributed by atoms with Gasteiger partial charge in [0.2, 0.25) is 0 Å². The van der Waals surface area contributed by atoms with E-state index in [4.69, 9.17) is 5.11 Å². The van der Waals surface area contributed by atoms with Crippen molar-refractivity contribution in [3.8, 4) is 0 Å². The second-order valence-corrected chi connectivity index (χ2v) is 5.13. The van der Waals surface area contributed by atoms with Crippen LogP contribution < -0.4 is 0 Å². The number of allylic oxidation sites excluding steroid dienone is 3. The molecule has 0 heterocycles. The fourth-order valence-corrected chi connectivity index (χ4v) is 2.51. The monoisotopic (exact) mass is 222 g/mol. The molecule has 2 atom stereocenters. The Morgan fingerprint density at radius 3 is 2.81 bits per heavy atom. The minimum Gasteiger partial charge on any atom is -0.478 e. The van der Waals surface area contributed by atoms with E-state index in [2.05, 4.69) is 26.8 Å². The van der Waals surface area contributed by atoms with E-state index in [1.807, 2.05) is 6.08 Å². The summed E-state index contributed by atoms with van der Waals surface area (Å²) in [5, 5.41) is 8.95. The molecule has 1 rings (SSSR count). The van der Waals surface area contributed by atoms with Gasteiger partial charge in [-0.1, -0.05) is 31.6 Å². The molecule has 0 aromatic carbocycles. The van der Waals surface area contributed by atoms with Gasteiger partial charge in [-0.05, 0) is 38.5 Å². The molecule has 2 heteroatoms. The number of hydrogen-bond acceptors (Lipinski definition) is 1. The molecule has 0 spiro atoms. The lowest BCUT2D eigenvalue weighted by Crippen LogP contribution is -2.29. The standard InChI is InChI=1S/C14H22O2/c1-5-14(4)8-6-7-10(2)12(14)9-11(3)13(15)16/h7,9,12H,5-6,8H2,1-4H3,(H,15,16). The Labute approximate surface area is 98.1 Å². The van der Waals surface area contributed by atoms with E-state index in [9.17, 15) is 4.79 Å². The van der Waals surface area contributed by atoms with Gasteiger partial charge in [0.15, 0.2) is 0 Å². The number of carbonyl (C=O) groups is 1. The zero-order valence-corrected chi connectivity index (χ0v) is 10.7. The van der Waals surface area contributed by atoms with Crippen molar-refractivity contribution >= 4 is 5.97 Å². The Kier molecular flexibility index (Phi) is 3.95. The van der Waals surface area contributed by atoms with Gasteiger partial charge in [0.05, 0.1) is 0 Å². The third-order valence-electron chi connectivity index (χ3n) is 3.98. The third-order valence-corrected chi connectivity index (χ3v) is 3.98. The summed E-state index contributed by atoms with van der Waals surface area (Å²) in [6.45, 7) is 8.25. The fraction of sp³-hybridized carbons (Fsp3) is 0.643. The Bertz CT molecular complexity index is 339. The van der Waals surface area contributed by atoms with Gasteiger partial charge in [0.25, 0.3) is 0 Å². The maximum atomic E-state index is 10.9. The first-order valence-corrected chi connectivity index (χ1v) is 5.99. The summed E-state index contributed by atoms with van der Waals surface area (Å²) < 4.78 is 0. The van der Waals surface area contributed by atoms with Crippen molar-refractivity contribution in [1.29, 1.82) is 0 Å². The van der Waals surface area contributed by atoms with Crippen LogP contribution in [-0.2, 0) is 4.79 Å². The molecule has 0 amide bonds. The van der Waals surface area contributed by atoms with Crippen molar-refractivity contribution in [3.05, 3.63) is 23.3 Å². The van der Waals surface area contributed by atoms with Crippen LogP contribution in [0.5, 0.6) is 0 Å². The van der Waals surface area contributed by atoms with Gasteiger partial charge >= 0.3 is 5.97 Å². The summed E-state index contributed by atoms with van der Waals surface area (Å²) in [6.07, 6.45) is 7.53. The molecule has 0 saturated carbocycles. The highest BCUT2D eigenvalue weighted by Crippen LogP contribution is 2.44. The first kappa shape index (κ1) is 13.0. The third kappa shape index (κ3) is 2.55. The number of hydrogen-bond donors (Lipinski definition) is 1. The Balaban J connectivity index is 3.05. The Hall–Kier alpha value is -1.05. The van der Waals surface area contributed by atoms with Crippen LogP contribution in [0.15, 0.2) is 23.3 Å². The molecule has 0 radical (unpaired) electrons. The average molecular weight is 222 g/mol. The van der Waals surface area contributed by atoms with Crippen LogP contribution >= 0.6 is 0 Å². The average Bonchev–Trinajstić information content (AvgIpc) is 2.23. The van der Waals surface area contributed by atoms with E-state index in [0.29, 0.717) is 5.57 Å². The summed E-state index contributed by atoms with van der Waals surface area (Å²) in [5.41, 5.74) is 1.99. The summed E-state index contributed by atoms with van der Waals surface area (Å²) in [6, 6.07) is 0. The highest BCUT2D eigenvalue weighted by molar-refractivity contribution is 5.85. The van der Waals surface area contributed by atoms with E-state index in [1.165, 1.54) is 5.57 Å². The largest absolute Gasteiger partial charge is 0.478 e. The normalized spacial score (nSPS) is 31.1. The number of aliphatic carboxylic acids is 1. The van der Waals surface area contributed by atoms with Crippen molar-refractivity contribution in [3.63, 3.8) is 0 Å². The molecule has 90 valence electrons. The van der Waals surface area contributed by atoms with E-state index >= 15 is 0 Å². The fourth-order valence-electron chi connectivity index (χ4n) is 2.51. The number of carboxylic acid groups (broad SMARTS) is 1. The first-order valence-electron chi connectivity index (χ1n) is 5.99. The van der Waals surface area contributed by atoms with E-state index in [1.54, 1.807) is 6.92 Å². The molecule has 0 fully saturated rings. The molecular weight excluding hydrogens is 200 g/mol. The minimum atomic E-state index is -0.808. The lowest BCUT2D eigenvalue weighted by Gasteiger charge is -2.39. The van der Waals surface area contributed by atoms with E-state index in [0.717, 1.165) is 19.3 Å². The SMILES string of the molecule is CCC1(C)CCC=C(C)C1C=C(C)C(=O)O. The summed E-state index contributed by atoms with van der Waals surface area (Å²) in [4.78, 5) is 10.9. The van der Waals surface area contributed by atoms with Crippen molar-refractivity contribution < 1.29 is 9.90 Å². The van der Waals surface area contributed by atoms with Gasteiger partial charge in [-0.3, -0.25) is 0 Å². The van der Waals surface area contributed by atoms with Crippen LogP contribution in [-0.4, -0.2) is 11.1 Å². The highest BCUT2D eigenvalue weighted by atomic mass is 16.4. The van der Waals surface area contributed by atoms with Crippen LogP contribution in [0.25, 0.3) is 0 Å². The van der Waals surface area contributed by atoms with Gasteiger partial charge in [-0.15, -0.1) is 0 Å². The maximum absolute atomic E-state index is 10.9. The van der Waals surface area contributed by atoms with Gasteiger partial charge in [-0.2, -0.15) is 0 Å². The smallest absolute Gasteiger partial charge is 0.330 e. The van der Waals surface area contributed by atoms with Crippen LogP contribution in [0, 0.1) is 11.3 Å². The molecule has 16 heavy (non-hydrogen) atoms. The lowest BCUT2D eigenvalue weighted by atomic mass is 9.65. The van der Waals surface area contributed by atoms with Gasteiger partial charge in [-0.25, -0.2) is 4.79 Å². The van der Waals surface area contributed by atoms with E-state index in [-0.39, 0.29) is 11.3 Å². The molecule has 0 aromatic rings. The molecule has 0 aromatic heterocycles. The molecule has 2 unspecified atom stereocenters. The Morgan fingerprint density at radius 1 is 1.69 bits per heavy atom. The highest BCUT2D eigenvalue weighted by Gasteiger charge is 2.34. The van der Waals surface area contributed by atoms with Gasteiger partial charge in [0, 0.05) is 11.5 Å². The van der Waals surface area contributed by atoms with Gasteiger partial charge < -0.3 is 5.11 Å². The van der Waals surface area contributed by atoms with Crippen molar-refractivity contribution in [2.75, 3.05) is 0 Å². The molecular formula is C14H22O2. The van der Waals surface area contributed by atoms with Crippen molar-refractivity contribution in [1.82, 2.24) is 0 Å². The molecule has 0 aliphatic heterocycles. The van der Waals surface area contributed by atoms with Crippen LogP contribution in [0.1, 0.15) is 47.0 Å². The zero-order valence-electron chi connectivity index (χ0n) is 10.7. The molecule has 1 aliphatic rings. The predicted molar refractivity (Wildman–Crippen MR) is 66.3 cm³/mol. The van der Waals surface area contributed by atoms with Crippen LogP contribution in [0.2, 0.25) is 0 Å². The quantitative estimate of drug-likeness (QED) is 0.582. The zero-order chi connectivity index (χ0) is 12.3. The molecule has 1 aliphatic carbocycles. The van der Waals surface area contributed by atoms with Crippen molar-refractivity contribution in [2.45, 2.75) is 47.0 Å². The van der Waals surface area contributed by atoms with Crippen LogP contribution in [0.3, 0.4) is 0 Å². The van der Waals surface area contributed by atoms with Crippen LogP contribution in [0.4, 0.5) is 0 Å². The molecule has 0 saturated heterocycles. The number of carboxylic acids is 1. The van der Waals surface area contributed by atoms with E-state index < -0.39 is 5.97 Å². The predicted octanol–water partition coefficient (Wildman–Crippen LogP) is 3.79. The number of rotatable bonds is 3. The molecule has 2 nitrogen and oxygen atoms in total. The summed E-state index contributed by atoms with van der Waals surface area (Å²) in [7, 11) is 0. The second-order valence-electron chi connectivity index (χ2n) is 5.13. The summed E-state index contributed by atoms with van der Waals surface area (Å²) in [5.74, 6) is -0.529. The molecule has 1 N–H and O–H groups in total. The minimum absolute atomic E-state index is 0.218. The van der Waals surface area contributed by atoms with Gasteiger partial charge in [0.1, 0.15) is 0 Å². The maximum Gasteiger partial charge on any atom is 0.330 e. The summed E-state index contributed by atoms with van der Waals surface area (Å²) >= 11 is 0. The lowest BCUT2D eigenvalue weighted by molar-refractivity contribution is -0.132.